The fraction of sp³-hybridized carbons (Fsp3) is 0.571. The molecule has 0 radical (unpaired) electrons. The number of para-hydroxylation sites is 2. The molecule has 1 amide bonds. The minimum absolute atomic E-state index is 0.115. The van der Waals surface area contributed by atoms with Gasteiger partial charge in [0.2, 0.25) is 5.91 Å². The molecule has 1 aromatic carbocycles. The van der Waals surface area contributed by atoms with Gasteiger partial charge in [0, 0.05) is 18.7 Å². The number of nitrogens with zero attached hydrogens (tertiary/aromatic N) is 2. The highest BCUT2D eigenvalue weighted by atomic mass is 32.2. The molecule has 154 valence electrons. The Labute approximate surface area is 171 Å². The number of esters is 1. The first-order valence-corrected chi connectivity index (χ1v) is 10.9. The number of hydrogen-bond donors (Lipinski definition) is 1. The van der Waals surface area contributed by atoms with Gasteiger partial charge in [0.15, 0.2) is 5.16 Å². The van der Waals surface area contributed by atoms with E-state index in [-0.39, 0.29) is 18.4 Å². The number of ether oxygens (including phenoxy) is 1. The zero-order chi connectivity index (χ0) is 20.6. The molecule has 1 aromatic heterocycles. The van der Waals surface area contributed by atoms with Crippen LogP contribution in [0.25, 0.3) is 11.0 Å². The molecule has 0 aliphatic heterocycles. The monoisotopic (exact) mass is 405 g/mol. The number of hydrogen-bond acceptors (Lipinski definition) is 5. The number of aromatic nitrogens is 2. The molecular weight excluding hydrogens is 374 g/mol. The van der Waals surface area contributed by atoms with Gasteiger partial charge in [0.05, 0.1) is 11.0 Å². The lowest BCUT2D eigenvalue weighted by Crippen LogP contribution is -2.26. The summed E-state index contributed by atoms with van der Waals surface area (Å²) >= 11 is 1.60. The summed E-state index contributed by atoms with van der Waals surface area (Å²) in [4.78, 5) is 28.7. The number of rotatable bonds is 10. The van der Waals surface area contributed by atoms with Crippen LogP contribution in [0.5, 0.6) is 0 Å². The van der Waals surface area contributed by atoms with Crippen LogP contribution in [0.4, 0.5) is 0 Å². The lowest BCUT2D eigenvalue weighted by Gasteiger charge is -2.20. The summed E-state index contributed by atoms with van der Waals surface area (Å²) in [5, 5.41) is 3.75. The SMILES string of the molecule is CCCCC(=O)NCCCSc1nc2ccccc2n1CC(=O)OC(C)(C)C. The Kier molecular flexibility index (Phi) is 8.35. The van der Waals surface area contributed by atoms with Crippen molar-refractivity contribution in [2.45, 2.75) is 70.7 Å². The molecule has 6 nitrogen and oxygen atoms in total. The van der Waals surface area contributed by atoms with Crippen molar-refractivity contribution in [1.82, 2.24) is 14.9 Å². The van der Waals surface area contributed by atoms with Gasteiger partial charge < -0.3 is 14.6 Å². The molecule has 0 spiro atoms. The van der Waals surface area contributed by atoms with Gasteiger partial charge in [-0.25, -0.2) is 4.98 Å². The molecule has 0 aliphatic rings. The minimum atomic E-state index is -0.517. The third-order valence-corrected chi connectivity index (χ3v) is 5.02. The largest absolute Gasteiger partial charge is 0.459 e. The Morgan fingerprint density at radius 2 is 1.96 bits per heavy atom. The lowest BCUT2D eigenvalue weighted by molar-refractivity contribution is -0.155. The highest BCUT2D eigenvalue weighted by Gasteiger charge is 2.19. The molecule has 0 saturated carbocycles. The zero-order valence-corrected chi connectivity index (χ0v) is 18.1. The second-order valence-corrected chi connectivity index (χ2v) is 8.77. The smallest absolute Gasteiger partial charge is 0.326 e. The molecule has 1 N–H and O–H groups in total. The predicted octanol–water partition coefficient (Wildman–Crippen LogP) is 4.17. The van der Waals surface area contributed by atoms with Crippen molar-refractivity contribution in [3.05, 3.63) is 24.3 Å². The average molecular weight is 406 g/mol. The van der Waals surface area contributed by atoms with Gasteiger partial charge >= 0.3 is 5.97 Å². The van der Waals surface area contributed by atoms with Gasteiger partial charge in [0.25, 0.3) is 0 Å². The fourth-order valence-corrected chi connectivity index (χ4v) is 3.66. The molecule has 28 heavy (non-hydrogen) atoms. The number of benzene rings is 1. The second kappa shape index (κ2) is 10.5. The van der Waals surface area contributed by atoms with Crippen LogP contribution in [-0.2, 0) is 20.9 Å². The lowest BCUT2D eigenvalue weighted by atomic mass is 10.2. The normalized spacial score (nSPS) is 11.6. The Bertz CT molecular complexity index is 796. The van der Waals surface area contributed by atoms with Crippen molar-refractivity contribution < 1.29 is 14.3 Å². The van der Waals surface area contributed by atoms with Crippen LogP contribution in [0, 0.1) is 0 Å². The van der Waals surface area contributed by atoms with E-state index in [0.29, 0.717) is 13.0 Å². The summed E-state index contributed by atoms with van der Waals surface area (Å²) in [6, 6.07) is 7.78. The number of carbonyl (C=O) groups excluding carboxylic acids is 2. The summed E-state index contributed by atoms with van der Waals surface area (Å²) in [6.45, 7) is 8.45. The first kappa shape index (κ1) is 22.3. The van der Waals surface area contributed by atoms with E-state index in [0.717, 1.165) is 41.2 Å². The van der Waals surface area contributed by atoms with E-state index in [4.69, 9.17) is 4.74 Å². The molecule has 0 saturated heterocycles. The number of carbonyl (C=O) groups is 2. The first-order valence-electron chi connectivity index (χ1n) is 9.87. The fourth-order valence-electron chi connectivity index (χ4n) is 2.71. The first-order chi connectivity index (χ1) is 13.3. The third-order valence-electron chi connectivity index (χ3n) is 3.96. The second-order valence-electron chi connectivity index (χ2n) is 7.71. The standard InChI is InChI=1S/C21H31N3O3S/c1-5-6-12-18(25)22-13-9-14-28-20-23-16-10-7-8-11-17(16)24(20)15-19(26)27-21(2,3)4/h7-8,10-11H,5-6,9,12-15H2,1-4H3,(H,22,25). The Morgan fingerprint density at radius 3 is 2.68 bits per heavy atom. The van der Waals surface area contributed by atoms with Gasteiger partial charge in [-0.3, -0.25) is 9.59 Å². The van der Waals surface area contributed by atoms with Crippen LogP contribution < -0.4 is 5.32 Å². The van der Waals surface area contributed by atoms with Crippen molar-refractivity contribution in [1.29, 1.82) is 0 Å². The van der Waals surface area contributed by atoms with Crippen LogP contribution in [0.3, 0.4) is 0 Å². The molecule has 1 heterocycles. The van der Waals surface area contributed by atoms with Crippen molar-refractivity contribution in [3.63, 3.8) is 0 Å². The van der Waals surface area contributed by atoms with Crippen LogP contribution in [0.2, 0.25) is 0 Å². The quantitative estimate of drug-likeness (QED) is 0.365. The molecule has 0 unspecified atom stereocenters. The van der Waals surface area contributed by atoms with E-state index in [1.807, 2.05) is 49.6 Å². The average Bonchev–Trinajstić information content (AvgIpc) is 2.95. The van der Waals surface area contributed by atoms with E-state index in [1.165, 1.54) is 0 Å². The number of unbranched alkanes of at least 4 members (excludes halogenated alkanes) is 1. The molecule has 2 rings (SSSR count). The number of nitrogens with one attached hydrogen (secondary N) is 1. The summed E-state index contributed by atoms with van der Waals surface area (Å²) in [5.41, 5.74) is 1.27. The van der Waals surface area contributed by atoms with Crippen molar-refractivity contribution in [2.24, 2.45) is 0 Å². The van der Waals surface area contributed by atoms with E-state index in [9.17, 15) is 9.59 Å². The predicted molar refractivity (Wildman–Crippen MR) is 113 cm³/mol. The number of amides is 1. The Hall–Kier alpha value is -2.02. The summed E-state index contributed by atoms with van der Waals surface area (Å²) in [6.07, 6.45) is 3.39. The number of imidazole rings is 1. The summed E-state index contributed by atoms with van der Waals surface area (Å²) < 4.78 is 7.38. The molecule has 0 fully saturated rings. The maximum Gasteiger partial charge on any atom is 0.326 e. The van der Waals surface area contributed by atoms with Crippen LogP contribution >= 0.6 is 11.8 Å². The van der Waals surface area contributed by atoms with E-state index in [2.05, 4.69) is 17.2 Å². The highest BCUT2D eigenvalue weighted by molar-refractivity contribution is 7.99. The van der Waals surface area contributed by atoms with Gasteiger partial charge in [0.1, 0.15) is 12.1 Å². The molecule has 0 aliphatic carbocycles. The maximum absolute atomic E-state index is 12.3. The Balaban J connectivity index is 1.96. The number of fused-ring (bicyclic) bond motifs is 1. The van der Waals surface area contributed by atoms with Crippen LogP contribution in [0.15, 0.2) is 29.4 Å². The van der Waals surface area contributed by atoms with E-state index in [1.54, 1.807) is 11.8 Å². The molecule has 0 atom stereocenters. The van der Waals surface area contributed by atoms with Gasteiger partial charge in [-0.2, -0.15) is 0 Å². The molecule has 7 heteroatoms. The van der Waals surface area contributed by atoms with Gasteiger partial charge in [-0.05, 0) is 45.7 Å². The maximum atomic E-state index is 12.3. The molecular formula is C21H31N3O3S. The van der Waals surface area contributed by atoms with Gasteiger partial charge in [-0.15, -0.1) is 0 Å². The third kappa shape index (κ3) is 7.19. The van der Waals surface area contributed by atoms with Gasteiger partial charge in [-0.1, -0.05) is 37.2 Å². The Morgan fingerprint density at radius 1 is 1.21 bits per heavy atom. The van der Waals surface area contributed by atoms with E-state index >= 15 is 0 Å². The minimum Gasteiger partial charge on any atom is -0.459 e. The highest BCUT2D eigenvalue weighted by Crippen LogP contribution is 2.25. The van der Waals surface area contributed by atoms with Crippen LogP contribution in [-0.4, -0.2) is 39.3 Å². The van der Waals surface area contributed by atoms with E-state index < -0.39 is 5.60 Å². The number of thioether (sulfide) groups is 1. The van der Waals surface area contributed by atoms with Crippen molar-refractivity contribution in [2.75, 3.05) is 12.3 Å². The van der Waals surface area contributed by atoms with Crippen LogP contribution in [0.1, 0.15) is 53.4 Å². The zero-order valence-electron chi connectivity index (χ0n) is 17.3. The topological polar surface area (TPSA) is 73.2 Å². The molecule has 0 bridgehead atoms. The molecule has 2 aromatic rings. The summed E-state index contributed by atoms with van der Waals surface area (Å²) in [5.74, 6) is 0.649. The summed E-state index contributed by atoms with van der Waals surface area (Å²) in [7, 11) is 0. The van der Waals surface area contributed by atoms with Crippen molar-refractivity contribution in [3.8, 4) is 0 Å². The van der Waals surface area contributed by atoms with Crippen molar-refractivity contribution >= 4 is 34.7 Å².